The van der Waals surface area contributed by atoms with Gasteiger partial charge in [-0.15, -0.1) is 0 Å². The summed E-state index contributed by atoms with van der Waals surface area (Å²) >= 11 is 3.41. The van der Waals surface area contributed by atoms with Crippen LogP contribution in [0.3, 0.4) is 0 Å². The third kappa shape index (κ3) is 2.38. The van der Waals surface area contributed by atoms with Crippen LogP contribution in [-0.2, 0) is 0 Å². The van der Waals surface area contributed by atoms with Crippen molar-refractivity contribution in [1.82, 2.24) is 9.97 Å². The Balaban J connectivity index is 2.12. The average Bonchev–Trinajstić information content (AvgIpc) is 3.24. The van der Waals surface area contributed by atoms with E-state index >= 15 is 0 Å². The molecule has 0 atom stereocenters. The molecule has 96 valence electrons. The average molecular weight is 317 g/mol. The largest absolute Gasteiger partial charge is 0.401 e. The molecular formula is C14H13BrN4. The van der Waals surface area contributed by atoms with E-state index in [1.54, 1.807) is 6.20 Å². The van der Waals surface area contributed by atoms with Crippen molar-refractivity contribution in [1.29, 1.82) is 5.41 Å². The van der Waals surface area contributed by atoms with Crippen LogP contribution in [0.4, 0.5) is 0 Å². The van der Waals surface area contributed by atoms with E-state index in [0.29, 0.717) is 17.2 Å². The summed E-state index contributed by atoms with van der Waals surface area (Å²) in [5.41, 5.74) is 9.86. The van der Waals surface area contributed by atoms with Gasteiger partial charge in [-0.25, -0.2) is 4.98 Å². The molecule has 4 nitrogen and oxygen atoms in total. The second-order valence-corrected chi connectivity index (χ2v) is 5.59. The second-order valence-electron chi connectivity index (χ2n) is 4.68. The van der Waals surface area contributed by atoms with Gasteiger partial charge in [-0.05, 0) is 37.0 Å². The fourth-order valence-corrected chi connectivity index (χ4v) is 2.38. The highest BCUT2D eigenvalue weighted by Crippen LogP contribution is 2.36. The van der Waals surface area contributed by atoms with E-state index in [0.717, 1.165) is 34.0 Å². The zero-order chi connectivity index (χ0) is 13.4. The number of aromatic nitrogens is 2. The molecule has 1 heterocycles. The zero-order valence-corrected chi connectivity index (χ0v) is 11.8. The molecule has 0 spiro atoms. The Morgan fingerprint density at radius 3 is 2.84 bits per heavy atom. The molecular weight excluding hydrogens is 304 g/mol. The van der Waals surface area contributed by atoms with Crippen molar-refractivity contribution >= 4 is 38.8 Å². The first-order valence-corrected chi connectivity index (χ1v) is 6.91. The van der Waals surface area contributed by atoms with Gasteiger partial charge in [-0.2, -0.15) is 0 Å². The number of benzene rings is 1. The lowest BCUT2D eigenvalue weighted by Gasteiger charge is -2.07. The number of rotatable bonds is 3. The molecule has 1 aromatic heterocycles. The SMILES string of the molecule is N=CC(=C(N)C1CC1)c1cnc2cc(Br)ccc2n1. The molecule has 3 rings (SSSR count). The van der Waals surface area contributed by atoms with Crippen molar-refractivity contribution in [2.45, 2.75) is 12.8 Å². The molecule has 0 bridgehead atoms. The van der Waals surface area contributed by atoms with Crippen LogP contribution < -0.4 is 5.73 Å². The van der Waals surface area contributed by atoms with Crippen LogP contribution in [0.25, 0.3) is 16.6 Å². The van der Waals surface area contributed by atoms with E-state index in [1.807, 2.05) is 18.2 Å². The number of hydrogen-bond donors (Lipinski definition) is 2. The van der Waals surface area contributed by atoms with Crippen LogP contribution in [-0.4, -0.2) is 16.2 Å². The Hall–Kier alpha value is -1.75. The molecule has 0 aliphatic heterocycles. The van der Waals surface area contributed by atoms with Gasteiger partial charge in [0.25, 0.3) is 0 Å². The summed E-state index contributed by atoms with van der Waals surface area (Å²) in [6.45, 7) is 0. The number of halogens is 1. The van der Waals surface area contributed by atoms with Crippen molar-refractivity contribution in [2.75, 3.05) is 0 Å². The minimum absolute atomic E-state index is 0.416. The summed E-state index contributed by atoms with van der Waals surface area (Å²) in [7, 11) is 0. The standard InChI is InChI=1S/C14H13BrN4/c15-9-3-4-11-12(5-9)18-7-13(19-11)10(6-16)14(17)8-1-2-8/h3-8,16H,1-2,17H2. The maximum absolute atomic E-state index is 7.55. The molecule has 0 unspecified atom stereocenters. The lowest BCUT2D eigenvalue weighted by molar-refractivity contribution is 0.985. The van der Waals surface area contributed by atoms with Gasteiger partial charge >= 0.3 is 0 Å². The summed E-state index contributed by atoms with van der Waals surface area (Å²) < 4.78 is 0.974. The third-order valence-corrected chi connectivity index (χ3v) is 3.75. The van der Waals surface area contributed by atoms with Crippen LogP contribution in [0.15, 0.2) is 34.6 Å². The Labute approximate surface area is 119 Å². The molecule has 0 radical (unpaired) electrons. The molecule has 1 fully saturated rings. The molecule has 5 heteroatoms. The monoisotopic (exact) mass is 316 g/mol. The van der Waals surface area contributed by atoms with Crippen molar-refractivity contribution in [2.24, 2.45) is 11.7 Å². The summed E-state index contributed by atoms with van der Waals surface area (Å²) in [6.07, 6.45) is 5.18. The number of allylic oxidation sites excluding steroid dienone is 2. The number of fused-ring (bicyclic) bond motifs is 1. The Kier molecular flexibility index (Phi) is 3.06. The summed E-state index contributed by atoms with van der Waals surface area (Å²) in [5.74, 6) is 0.416. The molecule has 3 N–H and O–H groups in total. The van der Waals surface area contributed by atoms with E-state index in [-0.39, 0.29) is 0 Å². The summed E-state index contributed by atoms with van der Waals surface area (Å²) in [5, 5.41) is 7.55. The Morgan fingerprint density at radius 1 is 1.37 bits per heavy atom. The minimum atomic E-state index is 0.416. The van der Waals surface area contributed by atoms with E-state index in [2.05, 4.69) is 25.9 Å². The van der Waals surface area contributed by atoms with Crippen molar-refractivity contribution in [3.8, 4) is 0 Å². The molecule has 0 saturated heterocycles. The Morgan fingerprint density at radius 2 is 2.16 bits per heavy atom. The second kappa shape index (κ2) is 4.74. The first kappa shape index (κ1) is 12.3. The first-order valence-electron chi connectivity index (χ1n) is 6.12. The number of nitrogens with zero attached hydrogens (tertiary/aromatic N) is 2. The normalized spacial score (nSPS) is 16.3. The van der Waals surface area contributed by atoms with Gasteiger partial charge in [-0.1, -0.05) is 15.9 Å². The molecule has 2 aromatic rings. The fraction of sp³-hybridized carbons (Fsp3) is 0.214. The third-order valence-electron chi connectivity index (χ3n) is 3.25. The molecule has 1 aliphatic rings. The maximum atomic E-state index is 7.55. The topological polar surface area (TPSA) is 75.7 Å². The zero-order valence-electron chi connectivity index (χ0n) is 10.2. The van der Waals surface area contributed by atoms with Gasteiger partial charge in [0.1, 0.15) is 0 Å². The first-order chi connectivity index (χ1) is 9.19. The van der Waals surface area contributed by atoms with Gasteiger partial charge in [0.15, 0.2) is 0 Å². The number of nitrogens with two attached hydrogens (primary N) is 1. The predicted octanol–water partition coefficient (Wildman–Crippen LogP) is 3.12. The number of nitrogens with one attached hydrogen (secondary N) is 1. The molecule has 19 heavy (non-hydrogen) atoms. The van der Waals surface area contributed by atoms with Crippen molar-refractivity contribution in [3.63, 3.8) is 0 Å². The van der Waals surface area contributed by atoms with E-state index < -0.39 is 0 Å². The molecule has 1 aliphatic carbocycles. The lowest BCUT2D eigenvalue weighted by atomic mass is 10.1. The van der Waals surface area contributed by atoms with Crippen LogP contribution in [0.5, 0.6) is 0 Å². The highest BCUT2D eigenvalue weighted by atomic mass is 79.9. The highest BCUT2D eigenvalue weighted by molar-refractivity contribution is 9.10. The van der Waals surface area contributed by atoms with E-state index in [1.165, 1.54) is 6.21 Å². The Bertz CT molecular complexity index is 689. The van der Waals surface area contributed by atoms with Crippen LogP contribution >= 0.6 is 15.9 Å². The van der Waals surface area contributed by atoms with Gasteiger partial charge in [0.2, 0.25) is 0 Å². The van der Waals surface area contributed by atoms with Crippen LogP contribution in [0, 0.1) is 11.3 Å². The maximum Gasteiger partial charge on any atom is 0.0925 e. The fourth-order valence-electron chi connectivity index (χ4n) is 2.03. The van der Waals surface area contributed by atoms with E-state index in [4.69, 9.17) is 11.1 Å². The van der Waals surface area contributed by atoms with Gasteiger partial charge in [0, 0.05) is 22.0 Å². The lowest BCUT2D eigenvalue weighted by Crippen LogP contribution is -2.06. The van der Waals surface area contributed by atoms with Gasteiger partial charge < -0.3 is 11.1 Å². The molecule has 0 amide bonds. The van der Waals surface area contributed by atoms with E-state index in [9.17, 15) is 0 Å². The highest BCUT2D eigenvalue weighted by Gasteiger charge is 2.26. The smallest absolute Gasteiger partial charge is 0.0925 e. The summed E-state index contributed by atoms with van der Waals surface area (Å²) in [6, 6.07) is 5.76. The van der Waals surface area contributed by atoms with Crippen molar-refractivity contribution < 1.29 is 0 Å². The van der Waals surface area contributed by atoms with Gasteiger partial charge in [-0.3, -0.25) is 4.98 Å². The number of hydrogen-bond acceptors (Lipinski definition) is 4. The summed E-state index contributed by atoms with van der Waals surface area (Å²) in [4.78, 5) is 8.93. The van der Waals surface area contributed by atoms with Crippen molar-refractivity contribution in [3.05, 3.63) is 40.3 Å². The molecule has 1 saturated carbocycles. The predicted molar refractivity (Wildman–Crippen MR) is 79.9 cm³/mol. The van der Waals surface area contributed by atoms with Gasteiger partial charge in [0.05, 0.1) is 22.9 Å². The quantitative estimate of drug-likeness (QED) is 0.854. The molecule has 1 aromatic carbocycles. The minimum Gasteiger partial charge on any atom is -0.401 e. The van der Waals surface area contributed by atoms with Crippen LogP contribution in [0.2, 0.25) is 0 Å². The van der Waals surface area contributed by atoms with Crippen LogP contribution in [0.1, 0.15) is 18.5 Å².